The standard InChI is InChI=1S/C20H13ClFN3O5S2/c21-16-4-6-18(31-16)32(29,30)10-13(26)7-11-1-5-17(23-9-11)25-19(27)14-8-12(22)2-3-15(14)24-20(25)28/h1-6,8-9H,7,10H2,(H,24,28). The third-order valence-corrected chi connectivity index (χ3v) is 7.99. The lowest BCUT2D eigenvalue weighted by molar-refractivity contribution is -0.116. The van der Waals surface area contributed by atoms with Gasteiger partial charge in [-0.15, -0.1) is 11.3 Å². The molecule has 0 fully saturated rings. The summed E-state index contributed by atoms with van der Waals surface area (Å²) in [6.45, 7) is 0. The van der Waals surface area contributed by atoms with E-state index < -0.39 is 38.4 Å². The van der Waals surface area contributed by atoms with Crippen LogP contribution < -0.4 is 11.2 Å². The fraction of sp³-hybridized carbons (Fsp3) is 0.100. The van der Waals surface area contributed by atoms with Gasteiger partial charge < -0.3 is 4.98 Å². The van der Waals surface area contributed by atoms with E-state index in [1.807, 2.05) is 0 Å². The molecule has 32 heavy (non-hydrogen) atoms. The number of carbonyl (C=O) groups is 1. The van der Waals surface area contributed by atoms with Crippen LogP contribution in [0.3, 0.4) is 0 Å². The molecule has 8 nitrogen and oxygen atoms in total. The summed E-state index contributed by atoms with van der Waals surface area (Å²) in [6.07, 6.45) is 1.06. The molecule has 3 aromatic heterocycles. The Kier molecular flexibility index (Phi) is 5.80. The van der Waals surface area contributed by atoms with Gasteiger partial charge in [-0.3, -0.25) is 9.59 Å². The molecule has 0 atom stereocenters. The van der Waals surface area contributed by atoms with E-state index in [-0.39, 0.29) is 27.4 Å². The minimum atomic E-state index is -3.80. The average molecular weight is 494 g/mol. The van der Waals surface area contributed by atoms with Crippen LogP contribution in [0, 0.1) is 5.82 Å². The highest BCUT2D eigenvalue weighted by Crippen LogP contribution is 2.26. The summed E-state index contributed by atoms with van der Waals surface area (Å²) < 4.78 is 39.2. The van der Waals surface area contributed by atoms with Gasteiger partial charge >= 0.3 is 5.69 Å². The number of hydrogen-bond donors (Lipinski definition) is 1. The zero-order valence-electron chi connectivity index (χ0n) is 16.0. The van der Waals surface area contributed by atoms with Crippen LogP contribution in [0.1, 0.15) is 5.56 Å². The van der Waals surface area contributed by atoms with Gasteiger partial charge in [-0.1, -0.05) is 17.7 Å². The van der Waals surface area contributed by atoms with Crippen LogP contribution in [-0.4, -0.2) is 34.5 Å². The first kappa shape index (κ1) is 22.1. The second kappa shape index (κ2) is 8.41. The fourth-order valence-electron chi connectivity index (χ4n) is 3.07. The van der Waals surface area contributed by atoms with Crippen LogP contribution >= 0.6 is 22.9 Å². The molecule has 1 N–H and O–H groups in total. The molecule has 1 aromatic carbocycles. The lowest BCUT2D eigenvalue weighted by Gasteiger charge is -2.07. The van der Waals surface area contributed by atoms with Crippen molar-refractivity contribution in [3.63, 3.8) is 0 Å². The maximum absolute atomic E-state index is 13.5. The molecule has 0 saturated carbocycles. The highest BCUT2D eigenvalue weighted by Gasteiger charge is 2.21. The van der Waals surface area contributed by atoms with E-state index in [2.05, 4.69) is 9.97 Å². The Bertz CT molecular complexity index is 1570. The number of nitrogens with zero attached hydrogens (tertiary/aromatic N) is 2. The number of H-pyrrole nitrogens is 1. The molecular formula is C20H13ClFN3O5S2. The molecule has 164 valence electrons. The summed E-state index contributed by atoms with van der Waals surface area (Å²) >= 11 is 6.63. The second-order valence-corrected chi connectivity index (χ2v) is 10.7. The molecule has 0 aliphatic heterocycles. The van der Waals surface area contributed by atoms with Crippen molar-refractivity contribution >= 4 is 49.5 Å². The zero-order chi connectivity index (χ0) is 23.0. The van der Waals surface area contributed by atoms with Crippen molar-refractivity contribution in [3.8, 4) is 5.82 Å². The maximum Gasteiger partial charge on any atom is 0.334 e. The van der Waals surface area contributed by atoms with Crippen molar-refractivity contribution in [3.05, 3.63) is 85.2 Å². The van der Waals surface area contributed by atoms with E-state index in [0.717, 1.165) is 28.0 Å². The predicted octanol–water partition coefficient (Wildman–Crippen LogP) is 2.51. The van der Waals surface area contributed by atoms with Crippen LogP contribution in [0.15, 0.2) is 62.5 Å². The monoisotopic (exact) mass is 493 g/mol. The Morgan fingerprint density at radius 1 is 1.16 bits per heavy atom. The number of benzene rings is 1. The highest BCUT2D eigenvalue weighted by molar-refractivity contribution is 7.94. The third kappa shape index (κ3) is 4.40. The van der Waals surface area contributed by atoms with Crippen molar-refractivity contribution in [2.24, 2.45) is 0 Å². The number of halogens is 2. The quantitative estimate of drug-likeness (QED) is 0.441. The Balaban J connectivity index is 1.57. The first-order chi connectivity index (χ1) is 15.1. The maximum atomic E-state index is 13.5. The van der Waals surface area contributed by atoms with Crippen molar-refractivity contribution in [1.29, 1.82) is 0 Å². The summed E-state index contributed by atoms with van der Waals surface area (Å²) in [7, 11) is -3.80. The molecule has 3 heterocycles. The van der Waals surface area contributed by atoms with E-state index in [1.54, 1.807) is 0 Å². The molecule has 0 aliphatic rings. The number of aromatic nitrogens is 3. The number of Topliss-reactive ketones (excluding diaryl/α,β-unsaturated/α-hetero) is 1. The fourth-order valence-corrected chi connectivity index (χ4v) is 5.89. The number of carbonyl (C=O) groups excluding carboxylic acids is 1. The first-order valence-electron chi connectivity index (χ1n) is 9.04. The Morgan fingerprint density at radius 2 is 1.94 bits per heavy atom. The molecule has 0 bridgehead atoms. The Morgan fingerprint density at radius 3 is 2.59 bits per heavy atom. The van der Waals surface area contributed by atoms with Gasteiger partial charge in [0.15, 0.2) is 15.6 Å². The summed E-state index contributed by atoms with van der Waals surface area (Å²) in [5, 5.41) is -0.0236. The number of pyridine rings is 1. The van der Waals surface area contributed by atoms with Gasteiger partial charge in [0.1, 0.15) is 21.6 Å². The minimum absolute atomic E-state index is 0.00987. The summed E-state index contributed by atoms with van der Waals surface area (Å²) in [6, 6.07) is 9.01. The number of rotatable bonds is 6. The summed E-state index contributed by atoms with van der Waals surface area (Å²) in [5.74, 6) is -1.91. The van der Waals surface area contributed by atoms with Gasteiger partial charge in [-0.05, 0) is 42.0 Å². The number of sulfone groups is 1. The number of hydrogen-bond acceptors (Lipinski definition) is 7. The van der Waals surface area contributed by atoms with Crippen LogP contribution in [0.2, 0.25) is 4.34 Å². The SMILES string of the molecule is O=C(Cc1ccc(-n2c(=O)[nH]c3ccc(F)cc3c2=O)nc1)CS(=O)(=O)c1ccc(Cl)s1. The van der Waals surface area contributed by atoms with Crippen LogP contribution in [-0.2, 0) is 21.1 Å². The number of nitrogens with one attached hydrogen (secondary N) is 1. The number of fused-ring (bicyclic) bond motifs is 1. The first-order valence-corrected chi connectivity index (χ1v) is 11.9. The minimum Gasteiger partial charge on any atom is -0.306 e. The van der Waals surface area contributed by atoms with E-state index in [4.69, 9.17) is 11.6 Å². The van der Waals surface area contributed by atoms with Gasteiger partial charge in [0.2, 0.25) is 0 Å². The van der Waals surface area contributed by atoms with Gasteiger partial charge in [-0.25, -0.2) is 27.2 Å². The molecule has 0 unspecified atom stereocenters. The normalized spacial score (nSPS) is 11.7. The summed E-state index contributed by atoms with van der Waals surface area (Å²) in [4.78, 5) is 43.8. The number of ketones is 1. The lowest BCUT2D eigenvalue weighted by Crippen LogP contribution is -2.34. The van der Waals surface area contributed by atoms with Crippen molar-refractivity contribution in [2.45, 2.75) is 10.6 Å². The molecule has 0 aliphatic carbocycles. The number of thiophene rings is 1. The molecule has 0 spiro atoms. The van der Waals surface area contributed by atoms with Crippen LogP contribution in [0.5, 0.6) is 0 Å². The zero-order valence-corrected chi connectivity index (χ0v) is 18.4. The Labute approximate surface area is 188 Å². The molecule has 12 heteroatoms. The molecule has 0 radical (unpaired) electrons. The predicted molar refractivity (Wildman–Crippen MR) is 118 cm³/mol. The topological polar surface area (TPSA) is 119 Å². The van der Waals surface area contributed by atoms with Gasteiger partial charge in [0.25, 0.3) is 5.56 Å². The van der Waals surface area contributed by atoms with Gasteiger partial charge in [0.05, 0.1) is 15.2 Å². The largest absolute Gasteiger partial charge is 0.334 e. The second-order valence-electron chi connectivity index (χ2n) is 6.82. The van der Waals surface area contributed by atoms with Crippen molar-refractivity contribution < 1.29 is 17.6 Å². The van der Waals surface area contributed by atoms with Gasteiger partial charge in [-0.2, -0.15) is 0 Å². The van der Waals surface area contributed by atoms with Crippen LogP contribution in [0.4, 0.5) is 4.39 Å². The Hall–Kier alpha value is -3.15. The van der Waals surface area contributed by atoms with Crippen molar-refractivity contribution in [2.75, 3.05) is 5.75 Å². The summed E-state index contributed by atoms with van der Waals surface area (Å²) in [5.41, 5.74) is -0.922. The molecule has 4 rings (SSSR count). The average Bonchev–Trinajstić information content (AvgIpc) is 3.17. The highest BCUT2D eigenvalue weighted by atomic mass is 35.5. The smallest absolute Gasteiger partial charge is 0.306 e. The third-order valence-electron chi connectivity index (χ3n) is 4.51. The van der Waals surface area contributed by atoms with E-state index in [1.165, 1.54) is 36.5 Å². The van der Waals surface area contributed by atoms with Crippen LogP contribution in [0.25, 0.3) is 16.7 Å². The van der Waals surface area contributed by atoms with Gasteiger partial charge in [0, 0.05) is 12.6 Å². The molecule has 4 aromatic rings. The van der Waals surface area contributed by atoms with Crippen molar-refractivity contribution in [1.82, 2.24) is 14.5 Å². The van der Waals surface area contributed by atoms with E-state index in [0.29, 0.717) is 9.90 Å². The molecule has 0 amide bonds. The molecular weight excluding hydrogens is 481 g/mol. The van der Waals surface area contributed by atoms with E-state index >= 15 is 0 Å². The number of aromatic amines is 1. The molecule has 0 saturated heterocycles. The lowest BCUT2D eigenvalue weighted by atomic mass is 10.1. The van der Waals surface area contributed by atoms with E-state index in [9.17, 15) is 27.2 Å².